The molecular formula is C19H31IN4O3. The molecule has 27 heavy (non-hydrogen) atoms. The lowest BCUT2D eigenvalue weighted by molar-refractivity contribution is 0.0914. The van der Waals surface area contributed by atoms with Crippen LogP contribution in [-0.2, 0) is 11.3 Å². The highest BCUT2D eigenvalue weighted by atomic mass is 127. The van der Waals surface area contributed by atoms with Crippen molar-refractivity contribution in [3.05, 3.63) is 29.8 Å². The first-order valence-corrected chi connectivity index (χ1v) is 9.34. The van der Waals surface area contributed by atoms with E-state index in [2.05, 4.69) is 17.1 Å². The molecule has 0 bridgehead atoms. The lowest BCUT2D eigenvalue weighted by Gasteiger charge is -2.35. The molecule has 1 N–H and O–H groups in total. The Kier molecular flexibility index (Phi) is 10.9. The summed E-state index contributed by atoms with van der Waals surface area (Å²) in [4.78, 5) is 20.5. The highest BCUT2D eigenvalue weighted by Crippen LogP contribution is 2.14. The lowest BCUT2D eigenvalue weighted by Crippen LogP contribution is -2.53. The second-order valence-electron chi connectivity index (χ2n) is 5.92. The molecule has 152 valence electrons. The van der Waals surface area contributed by atoms with Crippen LogP contribution in [0.5, 0.6) is 5.75 Å². The van der Waals surface area contributed by atoms with Crippen molar-refractivity contribution in [2.45, 2.75) is 27.3 Å². The van der Waals surface area contributed by atoms with Gasteiger partial charge in [-0.25, -0.2) is 9.79 Å². The van der Waals surface area contributed by atoms with Gasteiger partial charge in [0.2, 0.25) is 0 Å². The Balaban J connectivity index is 0.00000364. The van der Waals surface area contributed by atoms with Crippen molar-refractivity contribution in [2.75, 3.05) is 45.9 Å². The zero-order valence-corrected chi connectivity index (χ0v) is 18.8. The zero-order chi connectivity index (χ0) is 18.8. The molecule has 0 unspecified atom stereocenters. The smallest absolute Gasteiger partial charge is 0.409 e. The second kappa shape index (κ2) is 12.6. The summed E-state index contributed by atoms with van der Waals surface area (Å²) in [6.45, 7) is 11.1. The Morgan fingerprint density at radius 1 is 1.11 bits per heavy atom. The number of rotatable bonds is 6. The van der Waals surface area contributed by atoms with Gasteiger partial charge >= 0.3 is 6.09 Å². The molecule has 0 saturated carbocycles. The Labute approximate surface area is 179 Å². The van der Waals surface area contributed by atoms with E-state index < -0.39 is 0 Å². The largest absolute Gasteiger partial charge is 0.494 e. The van der Waals surface area contributed by atoms with Gasteiger partial charge in [-0.2, -0.15) is 0 Å². The molecule has 1 heterocycles. The SMILES string of the molecule is CCNC(=NCc1cccc(OCC)c1)N1CCN(C(=O)OCC)CC1.I. The van der Waals surface area contributed by atoms with Crippen LogP contribution < -0.4 is 10.1 Å². The number of hydrogen-bond acceptors (Lipinski definition) is 4. The summed E-state index contributed by atoms with van der Waals surface area (Å²) in [5.41, 5.74) is 1.11. The average Bonchev–Trinajstić information content (AvgIpc) is 2.66. The van der Waals surface area contributed by atoms with Crippen LogP contribution in [0.15, 0.2) is 29.3 Å². The molecule has 0 atom stereocenters. The lowest BCUT2D eigenvalue weighted by atomic mass is 10.2. The maximum absolute atomic E-state index is 11.8. The summed E-state index contributed by atoms with van der Waals surface area (Å²) in [5, 5.41) is 3.34. The maximum Gasteiger partial charge on any atom is 0.409 e. The van der Waals surface area contributed by atoms with E-state index in [1.165, 1.54) is 0 Å². The minimum Gasteiger partial charge on any atom is -0.494 e. The van der Waals surface area contributed by atoms with Gasteiger partial charge in [-0.3, -0.25) is 0 Å². The third-order valence-electron chi connectivity index (χ3n) is 4.06. The molecule has 0 aliphatic carbocycles. The number of carbonyl (C=O) groups is 1. The van der Waals surface area contributed by atoms with Gasteiger partial charge in [0.25, 0.3) is 0 Å². The van der Waals surface area contributed by atoms with Crippen LogP contribution in [0.4, 0.5) is 4.79 Å². The molecule has 0 spiro atoms. The number of halogens is 1. The highest BCUT2D eigenvalue weighted by Gasteiger charge is 2.23. The molecule has 1 aliphatic rings. The summed E-state index contributed by atoms with van der Waals surface area (Å²) < 4.78 is 10.6. The van der Waals surface area contributed by atoms with Gasteiger partial charge in [0, 0.05) is 32.7 Å². The zero-order valence-electron chi connectivity index (χ0n) is 16.4. The number of nitrogens with one attached hydrogen (secondary N) is 1. The van der Waals surface area contributed by atoms with Gasteiger partial charge in [0.1, 0.15) is 5.75 Å². The standard InChI is InChI=1S/C19H30N4O3.HI/c1-4-20-18(21-15-16-8-7-9-17(14-16)25-5-2)22-10-12-23(13-11-22)19(24)26-6-3;/h7-9,14H,4-6,10-13,15H2,1-3H3,(H,20,21);1H. The van der Waals surface area contributed by atoms with Crippen molar-refractivity contribution in [1.82, 2.24) is 15.1 Å². The van der Waals surface area contributed by atoms with E-state index in [9.17, 15) is 4.79 Å². The van der Waals surface area contributed by atoms with Crippen LogP contribution in [0.2, 0.25) is 0 Å². The first-order valence-electron chi connectivity index (χ1n) is 9.34. The minimum atomic E-state index is -0.234. The normalized spacial score (nSPS) is 14.4. The molecule has 1 aromatic carbocycles. The summed E-state index contributed by atoms with van der Waals surface area (Å²) in [6.07, 6.45) is -0.234. The highest BCUT2D eigenvalue weighted by molar-refractivity contribution is 14.0. The van der Waals surface area contributed by atoms with E-state index in [4.69, 9.17) is 14.5 Å². The van der Waals surface area contributed by atoms with Gasteiger partial charge in [-0.15, -0.1) is 24.0 Å². The number of benzene rings is 1. The Morgan fingerprint density at radius 2 is 1.81 bits per heavy atom. The number of piperazine rings is 1. The molecule has 0 radical (unpaired) electrons. The molecule has 1 amide bonds. The molecular weight excluding hydrogens is 459 g/mol. The van der Waals surface area contributed by atoms with Crippen molar-refractivity contribution >= 4 is 36.0 Å². The van der Waals surface area contributed by atoms with Gasteiger partial charge in [-0.1, -0.05) is 12.1 Å². The molecule has 1 saturated heterocycles. The molecule has 8 heteroatoms. The molecule has 1 aliphatic heterocycles. The Hall–Kier alpha value is -1.71. The average molecular weight is 490 g/mol. The van der Waals surface area contributed by atoms with Gasteiger partial charge < -0.3 is 24.6 Å². The van der Waals surface area contributed by atoms with Crippen molar-refractivity contribution in [3.63, 3.8) is 0 Å². The Morgan fingerprint density at radius 3 is 2.44 bits per heavy atom. The maximum atomic E-state index is 11.8. The van der Waals surface area contributed by atoms with Crippen LogP contribution in [0.25, 0.3) is 0 Å². The van der Waals surface area contributed by atoms with Crippen LogP contribution in [0.3, 0.4) is 0 Å². The van der Waals surface area contributed by atoms with Crippen LogP contribution in [-0.4, -0.2) is 67.8 Å². The fourth-order valence-corrected chi connectivity index (χ4v) is 2.81. The molecule has 1 aromatic rings. The number of guanidine groups is 1. The van der Waals surface area contributed by atoms with Gasteiger partial charge in [0.05, 0.1) is 19.8 Å². The number of carbonyl (C=O) groups excluding carboxylic acids is 1. The minimum absolute atomic E-state index is 0. The predicted octanol–water partition coefficient (Wildman–Crippen LogP) is 2.94. The summed E-state index contributed by atoms with van der Waals surface area (Å²) >= 11 is 0. The first-order chi connectivity index (χ1) is 12.7. The fraction of sp³-hybridized carbons (Fsp3) is 0.579. The van der Waals surface area contributed by atoms with Crippen LogP contribution in [0, 0.1) is 0 Å². The van der Waals surface area contributed by atoms with E-state index >= 15 is 0 Å². The van der Waals surface area contributed by atoms with E-state index in [-0.39, 0.29) is 30.1 Å². The van der Waals surface area contributed by atoms with Gasteiger partial charge in [-0.05, 0) is 38.5 Å². The van der Waals surface area contributed by atoms with Crippen molar-refractivity contribution in [1.29, 1.82) is 0 Å². The van der Waals surface area contributed by atoms with Crippen LogP contribution in [0.1, 0.15) is 26.3 Å². The summed E-state index contributed by atoms with van der Waals surface area (Å²) in [6, 6.07) is 8.01. The summed E-state index contributed by atoms with van der Waals surface area (Å²) in [7, 11) is 0. The summed E-state index contributed by atoms with van der Waals surface area (Å²) in [5.74, 6) is 1.74. The number of aliphatic imine (C=N–C) groups is 1. The Bertz CT molecular complexity index is 604. The molecule has 0 aromatic heterocycles. The van der Waals surface area contributed by atoms with E-state index in [1.807, 2.05) is 38.1 Å². The monoisotopic (exact) mass is 490 g/mol. The third-order valence-corrected chi connectivity index (χ3v) is 4.06. The topological polar surface area (TPSA) is 66.4 Å². The molecule has 1 fully saturated rings. The molecule has 7 nitrogen and oxygen atoms in total. The van der Waals surface area contributed by atoms with Gasteiger partial charge in [0.15, 0.2) is 5.96 Å². The predicted molar refractivity (Wildman–Crippen MR) is 118 cm³/mol. The molecule has 2 rings (SSSR count). The fourth-order valence-electron chi connectivity index (χ4n) is 2.81. The number of amides is 1. The number of hydrogen-bond donors (Lipinski definition) is 1. The van der Waals surface area contributed by atoms with Crippen molar-refractivity contribution in [2.24, 2.45) is 4.99 Å². The van der Waals surface area contributed by atoms with Crippen LogP contribution >= 0.6 is 24.0 Å². The van der Waals surface area contributed by atoms with E-state index in [0.717, 1.165) is 36.9 Å². The van der Waals surface area contributed by atoms with Crippen molar-refractivity contribution in [3.8, 4) is 5.75 Å². The van der Waals surface area contributed by atoms with E-state index in [1.54, 1.807) is 4.90 Å². The van der Waals surface area contributed by atoms with Crippen molar-refractivity contribution < 1.29 is 14.3 Å². The number of nitrogens with zero attached hydrogens (tertiary/aromatic N) is 3. The second-order valence-corrected chi connectivity index (χ2v) is 5.92. The number of ether oxygens (including phenoxy) is 2. The first kappa shape index (κ1) is 23.3. The quantitative estimate of drug-likeness (QED) is 0.378. The third kappa shape index (κ3) is 7.43. The van der Waals surface area contributed by atoms with E-state index in [0.29, 0.717) is 32.8 Å².